The lowest BCUT2D eigenvalue weighted by molar-refractivity contribution is -0.138. The molecule has 8 nitrogen and oxygen atoms in total. The summed E-state index contributed by atoms with van der Waals surface area (Å²) < 4.78 is 4.75. The van der Waals surface area contributed by atoms with Crippen LogP contribution in [0, 0.1) is 5.92 Å². The number of nitrogens with zero attached hydrogens (tertiary/aromatic N) is 1. The molecule has 2 saturated heterocycles. The number of hydrogen-bond acceptors (Lipinski definition) is 6. The highest BCUT2D eigenvalue weighted by molar-refractivity contribution is 6.31. The number of rotatable bonds is 3. The quantitative estimate of drug-likeness (QED) is 0.448. The van der Waals surface area contributed by atoms with Crippen LogP contribution in [0.3, 0.4) is 0 Å². The van der Waals surface area contributed by atoms with Gasteiger partial charge in [0.05, 0.1) is 24.3 Å². The Bertz CT molecular complexity index is 818. The molecule has 1 atom stereocenters. The van der Waals surface area contributed by atoms with Gasteiger partial charge in [-0.15, -0.1) is 0 Å². The molecule has 0 spiro atoms. The van der Waals surface area contributed by atoms with Crippen molar-refractivity contribution in [2.24, 2.45) is 5.92 Å². The van der Waals surface area contributed by atoms with Crippen molar-refractivity contribution in [3.8, 4) is 0 Å². The summed E-state index contributed by atoms with van der Waals surface area (Å²) in [6.45, 7) is 0.794. The van der Waals surface area contributed by atoms with E-state index in [0.717, 1.165) is 12.0 Å². The maximum atomic E-state index is 12.9. The normalized spacial score (nSPS) is 22.0. The van der Waals surface area contributed by atoms with Gasteiger partial charge >= 0.3 is 5.97 Å². The molecule has 0 aliphatic carbocycles. The highest BCUT2D eigenvalue weighted by atomic mass is 35.5. The summed E-state index contributed by atoms with van der Waals surface area (Å²) in [4.78, 5) is 50.7. The van der Waals surface area contributed by atoms with Crippen molar-refractivity contribution in [2.45, 2.75) is 6.42 Å². The third-order valence-corrected chi connectivity index (χ3v) is 4.45. The highest BCUT2D eigenvalue weighted by Gasteiger charge is 2.45. The molecule has 2 N–H and O–H groups in total. The second-order valence-electron chi connectivity index (χ2n) is 5.76. The second kappa shape index (κ2) is 7.17. The van der Waals surface area contributed by atoms with Gasteiger partial charge in [-0.3, -0.25) is 19.3 Å². The monoisotopic (exact) mass is 377 g/mol. The number of ether oxygens (including phenoxy) is 1. The number of carbonyl (C=O) groups excluding carboxylic acids is 4. The number of hydrogen-bond donors (Lipinski definition) is 2. The summed E-state index contributed by atoms with van der Waals surface area (Å²) in [5.41, 5.74) is 0.175. The first kappa shape index (κ1) is 17.9. The topological polar surface area (TPSA) is 105 Å². The Morgan fingerprint density at radius 1 is 1.15 bits per heavy atom. The number of anilines is 1. The molecule has 3 rings (SSSR count). The average Bonchev–Trinajstić information content (AvgIpc) is 2.92. The van der Waals surface area contributed by atoms with Gasteiger partial charge in [-0.1, -0.05) is 11.6 Å². The molecular weight excluding hydrogens is 362 g/mol. The zero-order chi connectivity index (χ0) is 18.8. The van der Waals surface area contributed by atoms with E-state index in [1.165, 1.54) is 12.1 Å². The molecule has 1 aromatic rings. The van der Waals surface area contributed by atoms with Crippen LogP contribution < -0.4 is 15.5 Å². The van der Waals surface area contributed by atoms with Gasteiger partial charge < -0.3 is 15.4 Å². The Morgan fingerprint density at radius 3 is 2.42 bits per heavy atom. The molecular formula is C17H16ClN3O5. The number of piperazine rings is 1. The number of benzene rings is 1. The molecule has 0 saturated carbocycles. The number of esters is 1. The van der Waals surface area contributed by atoms with Crippen molar-refractivity contribution in [3.05, 3.63) is 40.6 Å². The first-order valence-corrected chi connectivity index (χ1v) is 8.28. The zero-order valence-corrected chi connectivity index (χ0v) is 14.6. The van der Waals surface area contributed by atoms with Crippen molar-refractivity contribution >= 4 is 41.0 Å². The van der Waals surface area contributed by atoms with Crippen molar-refractivity contribution in [3.63, 3.8) is 0 Å². The molecule has 2 aliphatic heterocycles. The second-order valence-corrected chi connectivity index (χ2v) is 6.20. The predicted octanol–water partition coefficient (Wildman–Crippen LogP) is 0.366. The summed E-state index contributed by atoms with van der Waals surface area (Å²) >= 11 is 5.84. The smallest absolute Gasteiger partial charge is 0.336 e. The zero-order valence-electron chi connectivity index (χ0n) is 13.9. The summed E-state index contributed by atoms with van der Waals surface area (Å²) in [6, 6.07) is 6.19. The Kier molecular flexibility index (Phi) is 4.94. The van der Waals surface area contributed by atoms with Crippen molar-refractivity contribution in [1.82, 2.24) is 10.6 Å². The van der Waals surface area contributed by atoms with Crippen LogP contribution in [0.2, 0.25) is 5.02 Å². The minimum absolute atomic E-state index is 0.0350. The number of imide groups is 1. The van der Waals surface area contributed by atoms with Crippen LogP contribution in [0.5, 0.6) is 0 Å². The van der Waals surface area contributed by atoms with E-state index in [-0.39, 0.29) is 17.7 Å². The van der Waals surface area contributed by atoms with Crippen LogP contribution in [-0.2, 0) is 23.9 Å². The lowest BCUT2D eigenvalue weighted by Gasteiger charge is -2.22. The lowest BCUT2D eigenvalue weighted by Crippen LogP contribution is -2.45. The largest absolute Gasteiger partial charge is 0.466 e. The van der Waals surface area contributed by atoms with E-state index in [0.29, 0.717) is 23.8 Å². The minimum Gasteiger partial charge on any atom is -0.466 e. The van der Waals surface area contributed by atoms with Gasteiger partial charge in [-0.2, -0.15) is 0 Å². The first-order valence-electron chi connectivity index (χ1n) is 7.91. The van der Waals surface area contributed by atoms with Crippen LogP contribution in [-0.4, -0.2) is 43.9 Å². The standard InChI is InChI=1S/C17H16ClN3O5/c1-26-17(25)13(14-15(23)20-7-6-19-14)11-8-12(22)21(16(11)24)10-4-2-9(18)3-5-10/h2-5,11,19H,6-8H2,1H3,(H,20,23). The van der Waals surface area contributed by atoms with Gasteiger partial charge in [0.1, 0.15) is 5.70 Å². The average molecular weight is 378 g/mol. The van der Waals surface area contributed by atoms with E-state index in [2.05, 4.69) is 10.6 Å². The molecule has 26 heavy (non-hydrogen) atoms. The number of nitrogens with one attached hydrogen (secondary N) is 2. The third kappa shape index (κ3) is 3.15. The molecule has 1 aromatic carbocycles. The number of carbonyl (C=O) groups is 4. The van der Waals surface area contributed by atoms with E-state index in [1.54, 1.807) is 12.1 Å². The van der Waals surface area contributed by atoms with Crippen LogP contribution in [0.1, 0.15) is 6.42 Å². The highest BCUT2D eigenvalue weighted by Crippen LogP contribution is 2.33. The van der Waals surface area contributed by atoms with Crippen molar-refractivity contribution in [1.29, 1.82) is 0 Å². The Morgan fingerprint density at radius 2 is 1.81 bits per heavy atom. The maximum absolute atomic E-state index is 12.9. The van der Waals surface area contributed by atoms with Gasteiger partial charge in [-0.25, -0.2) is 4.79 Å². The number of halogens is 1. The van der Waals surface area contributed by atoms with E-state index in [4.69, 9.17) is 16.3 Å². The number of methoxy groups -OCH3 is 1. The van der Waals surface area contributed by atoms with E-state index >= 15 is 0 Å². The van der Waals surface area contributed by atoms with Gasteiger partial charge in [-0.05, 0) is 24.3 Å². The Hall–Kier alpha value is -2.87. The fraction of sp³-hybridized carbons (Fsp3) is 0.294. The molecule has 0 aromatic heterocycles. The van der Waals surface area contributed by atoms with Gasteiger partial charge in [0, 0.05) is 24.5 Å². The molecule has 2 heterocycles. The van der Waals surface area contributed by atoms with E-state index < -0.39 is 29.6 Å². The molecule has 2 aliphatic rings. The Balaban J connectivity index is 2.01. The van der Waals surface area contributed by atoms with E-state index in [9.17, 15) is 19.2 Å². The SMILES string of the molecule is COC(=O)C(=C1NCCNC1=O)C1CC(=O)N(c2ccc(Cl)cc2)C1=O. The summed E-state index contributed by atoms with van der Waals surface area (Å²) in [5, 5.41) is 5.89. The van der Waals surface area contributed by atoms with Crippen molar-refractivity contribution < 1.29 is 23.9 Å². The molecule has 0 radical (unpaired) electrons. The molecule has 3 amide bonds. The first-order chi connectivity index (χ1) is 12.4. The van der Waals surface area contributed by atoms with Crippen molar-refractivity contribution in [2.75, 3.05) is 25.1 Å². The third-order valence-electron chi connectivity index (χ3n) is 4.19. The molecule has 1 unspecified atom stereocenters. The molecule has 9 heteroatoms. The van der Waals surface area contributed by atoms with Gasteiger partial charge in [0.15, 0.2) is 0 Å². The summed E-state index contributed by atoms with van der Waals surface area (Å²) in [5.74, 6) is -3.50. The van der Waals surface area contributed by atoms with Crippen LogP contribution in [0.4, 0.5) is 5.69 Å². The molecule has 136 valence electrons. The van der Waals surface area contributed by atoms with Crippen LogP contribution in [0.15, 0.2) is 35.5 Å². The molecule has 2 fully saturated rings. The maximum Gasteiger partial charge on any atom is 0.336 e. The summed E-state index contributed by atoms with van der Waals surface area (Å²) in [6.07, 6.45) is -0.232. The Labute approximate surface area is 154 Å². The van der Waals surface area contributed by atoms with Gasteiger partial charge in [0.2, 0.25) is 11.8 Å². The summed E-state index contributed by atoms with van der Waals surface area (Å²) in [7, 11) is 1.15. The number of amides is 3. The van der Waals surface area contributed by atoms with Gasteiger partial charge in [0.25, 0.3) is 5.91 Å². The molecule has 0 bridgehead atoms. The fourth-order valence-electron chi connectivity index (χ4n) is 3.00. The minimum atomic E-state index is -1.10. The van der Waals surface area contributed by atoms with Crippen LogP contribution >= 0.6 is 11.6 Å². The fourth-order valence-corrected chi connectivity index (χ4v) is 3.12. The van der Waals surface area contributed by atoms with Crippen LogP contribution in [0.25, 0.3) is 0 Å². The lowest BCUT2D eigenvalue weighted by atomic mass is 9.94. The predicted molar refractivity (Wildman–Crippen MR) is 92.1 cm³/mol. The van der Waals surface area contributed by atoms with E-state index in [1.807, 2.05) is 0 Å².